The smallest absolute Gasteiger partial charge is 0.312 e. The highest BCUT2D eigenvalue weighted by Crippen LogP contribution is 2.29. The second kappa shape index (κ2) is 4.99. The zero-order chi connectivity index (χ0) is 12.3. The molecule has 0 saturated heterocycles. The second-order valence-electron chi connectivity index (χ2n) is 3.80. The molecule has 0 spiro atoms. The molecule has 1 rings (SSSR count). The molecular formula is C12H17NO3. The standard InChI is InChI=1S/C12H17NO3/c1-7-4-9(10(6-13)12(14)15)11(16-3)5-8(7)2/h4-5,10H,6,13H2,1-3H3,(H,14,15). The first kappa shape index (κ1) is 12.5. The Morgan fingerprint density at radius 3 is 2.44 bits per heavy atom. The SMILES string of the molecule is COc1cc(C)c(C)cc1C(CN)C(=O)O. The van der Waals surface area contributed by atoms with Gasteiger partial charge in [-0.2, -0.15) is 0 Å². The Hall–Kier alpha value is -1.55. The van der Waals surface area contributed by atoms with E-state index in [0.29, 0.717) is 11.3 Å². The Kier molecular flexibility index (Phi) is 3.90. The molecule has 0 amide bonds. The van der Waals surface area contributed by atoms with E-state index in [-0.39, 0.29) is 6.54 Å². The van der Waals surface area contributed by atoms with Crippen LogP contribution in [0.15, 0.2) is 12.1 Å². The second-order valence-corrected chi connectivity index (χ2v) is 3.80. The summed E-state index contributed by atoms with van der Waals surface area (Å²) in [4.78, 5) is 11.1. The summed E-state index contributed by atoms with van der Waals surface area (Å²) in [5.41, 5.74) is 8.23. The van der Waals surface area contributed by atoms with Gasteiger partial charge in [0.1, 0.15) is 5.75 Å². The third kappa shape index (κ3) is 2.33. The number of hydrogen-bond donors (Lipinski definition) is 2. The van der Waals surface area contributed by atoms with Gasteiger partial charge in [0.05, 0.1) is 13.0 Å². The van der Waals surface area contributed by atoms with Crippen LogP contribution in [0.5, 0.6) is 5.75 Å². The Balaban J connectivity index is 3.30. The minimum absolute atomic E-state index is 0.0637. The van der Waals surface area contributed by atoms with Crippen molar-refractivity contribution in [1.29, 1.82) is 0 Å². The molecule has 0 aromatic heterocycles. The predicted octanol–water partition coefficient (Wildman–Crippen LogP) is 1.44. The maximum Gasteiger partial charge on any atom is 0.312 e. The van der Waals surface area contributed by atoms with E-state index in [2.05, 4.69) is 0 Å². The lowest BCUT2D eigenvalue weighted by molar-refractivity contribution is -0.138. The summed E-state index contributed by atoms with van der Waals surface area (Å²) >= 11 is 0. The molecule has 1 aromatic rings. The molecule has 0 aliphatic rings. The number of benzene rings is 1. The normalized spacial score (nSPS) is 12.2. The number of methoxy groups -OCH3 is 1. The largest absolute Gasteiger partial charge is 0.496 e. The van der Waals surface area contributed by atoms with Gasteiger partial charge in [-0.25, -0.2) is 0 Å². The molecular weight excluding hydrogens is 206 g/mol. The zero-order valence-corrected chi connectivity index (χ0v) is 9.78. The monoisotopic (exact) mass is 223 g/mol. The van der Waals surface area contributed by atoms with Gasteiger partial charge in [0.15, 0.2) is 0 Å². The first-order chi connectivity index (χ1) is 7.51. The fourth-order valence-electron chi connectivity index (χ4n) is 1.62. The fourth-order valence-corrected chi connectivity index (χ4v) is 1.62. The maximum absolute atomic E-state index is 11.1. The third-order valence-corrected chi connectivity index (χ3v) is 2.76. The lowest BCUT2D eigenvalue weighted by atomic mass is 9.94. The molecule has 1 aromatic carbocycles. The average Bonchev–Trinajstić information content (AvgIpc) is 2.23. The Labute approximate surface area is 95.0 Å². The van der Waals surface area contributed by atoms with Crippen LogP contribution in [0.3, 0.4) is 0 Å². The summed E-state index contributed by atoms with van der Waals surface area (Å²) < 4.78 is 5.20. The topological polar surface area (TPSA) is 72.5 Å². The van der Waals surface area contributed by atoms with E-state index in [1.54, 1.807) is 0 Å². The average molecular weight is 223 g/mol. The molecule has 0 heterocycles. The number of carbonyl (C=O) groups is 1. The number of ether oxygens (including phenoxy) is 1. The number of aliphatic carboxylic acids is 1. The van der Waals surface area contributed by atoms with Crippen molar-refractivity contribution in [3.8, 4) is 5.75 Å². The van der Waals surface area contributed by atoms with Gasteiger partial charge in [0.25, 0.3) is 0 Å². The molecule has 1 unspecified atom stereocenters. The highest BCUT2D eigenvalue weighted by atomic mass is 16.5. The van der Waals surface area contributed by atoms with Gasteiger partial charge in [0, 0.05) is 12.1 Å². The quantitative estimate of drug-likeness (QED) is 0.810. The molecule has 0 radical (unpaired) electrons. The summed E-state index contributed by atoms with van der Waals surface area (Å²) in [7, 11) is 1.53. The minimum atomic E-state index is -0.927. The van der Waals surface area contributed by atoms with E-state index in [1.165, 1.54) is 7.11 Å². The Bertz CT molecular complexity index is 401. The summed E-state index contributed by atoms with van der Waals surface area (Å²) in [6.07, 6.45) is 0. The molecule has 1 atom stereocenters. The first-order valence-corrected chi connectivity index (χ1v) is 5.09. The lowest BCUT2D eigenvalue weighted by Gasteiger charge is -2.16. The molecule has 3 N–H and O–H groups in total. The molecule has 0 aliphatic heterocycles. The van der Waals surface area contributed by atoms with Crippen LogP contribution >= 0.6 is 0 Å². The number of rotatable bonds is 4. The van der Waals surface area contributed by atoms with E-state index >= 15 is 0 Å². The summed E-state index contributed by atoms with van der Waals surface area (Å²) in [5, 5.41) is 9.07. The lowest BCUT2D eigenvalue weighted by Crippen LogP contribution is -2.22. The van der Waals surface area contributed by atoms with Crippen molar-refractivity contribution in [1.82, 2.24) is 0 Å². The van der Waals surface area contributed by atoms with Crippen LogP contribution < -0.4 is 10.5 Å². The van der Waals surface area contributed by atoms with Crippen molar-refractivity contribution >= 4 is 5.97 Å². The van der Waals surface area contributed by atoms with Crippen molar-refractivity contribution in [3.05, 3.63) is 28.8 Å². The molecule has 0 aliphatic carbocycles. The summed E-state index contributed by atoms with van der Waals surface area (Å²) in [5.74, 6) is -1.06. The fraction of sp³-hybridized carbons (Fsp3) is 0.417. The van der Waals surface area contributed by atoms with E-state index in [1.807, 2.05) is 26.0 Å². The molecule has 4 heteroatoms. The predicted molar refractivity (Wildman–Crippen MR) is 61.9 cm³/mol. The molecule has 88 valence electrons. The van der Waals surface area contributed by atoms with Gasteiger partial charge in [-0.1, -0.05) is 6.07 Å². The summed E-state index contributed by atoms with van der Waals surface area (Å²) in [6, 6.07) is 3.68. The number of aryl methyl sites for hydroxylation is 2. The van der Waals surface area contributed by atoms with Crippen LogP contribution in [0.1, 0.15) is 22.6 Å². The molecule has 16 heavy (non-hydrogen) atoms. The number of carboxylic acid groups (broad SMARTS) is 1. The van der Waals surface area contributed by atoms with Crippen LogP contribution in [0, 0.1) is 13.8 Å². The van der Waals surface area contributed by atoms with Crippen LogP contribution in [0.4, 0.5) is 0 Å². The Morgan fingerprint density at radius 2 is 2.00 bits per heavy atom. The van der Waals surface area contributed by atoms with Crippen molar-refractivity contribution in [2.45, 2.75) is 19.8 Å². The maximum atomic E-state index is 11.1. The van der Waals surface area contributed by atoms with Gasteiger partial charge < -0.3 is 15.6 Å². The van der Waals surface area contributed by atoms with Gasteiger partial charge in [0.2, 0.25) is 0 Å². The van der Waals surface area contributed by atoms with Crippen LogP contribution in [-0.2, 0) is 4.79 Å². The van der Waals surface area contributed by atoms with Crippen molar-refractivity contribution in [2.24, 2.45) is 5.73 Å². The number of hydrogen-bond acceptors (Lipinski definition) is 3. The van der Waals surface area contributed by atoms with Crippen LogP contribution in [0.25, 0.3) is 0 Å². The molecule has 0 fully saturated rings. The van der Waals surface area contributed by atoms with E-state index < -0.39 is 11.9 Å². The van der Waals surface area contributed by atoms with E-state index in [0.717, 1.165) is 11.1 Å². The first-order valence-electron chi connectivity index (χ1n) is 5.09. The van der Waals surface area contributed by atoms with Crippen molar-refractivity contribution in [3.63, 3.8) is 0 Å². The Morgan fingerprint density at radius 1 is 1.44 bits per heavy atom. The molecule has 0 bridgehead atoms. The summed E-state index contributed by atoms with van der Waals surface area (Å²) in [6.45, 7) is 3.96. The highest BCUT2D eigenvalue weighted by Gasteiger charge is 2.22. The van der Waals surface area contributed by atoms with Crippen LogP contribution in [-0.4, -0.2) is 24.7 Å². The van der Waals surface area contributed by atoms with Gasteiger partial charge in [-0.3, -0.25) is 4.79 Å². The van der Waals surface area contributed by atoms with Gasteiger partial charge >= 0.3 is 5.97 Å². The number of carboxylic acids is 1. The van der Waals surface area contributed by atoms with E-state index in [4.69, 9.17) is 15.6 Å². The third-order valence-electron chi connectivity index (χ3n) is 2.76. The van der Waals surface area contributed by atoms with Gasteiger partial charge in [-0.05, 0) is 31.0 Å². The molecule has 4 nitrogen and oxygen atoms in total. The van der Waals surface area contributed by atoms with Crippen molar-refractivity contribution < 1.29 is 14.6 Å². The van der Waals surface area contributed by atoms with Crippen molar-refractivity contribution in [2.75, 3.05) is 13.7 Å². The molecule has 0 saturated carbocycles. The minimum Gasteiger partial charge on any atom is -0.496 e. The van der Waals surface area contributed by atoms with Crippen LogP contribution in [0.2, 0.25) is 0 Å². The van der Waals surface area contributed by atoms with Gasteiger partial charge in [-0.15, -0.1) is 0 Å². The highest BCUT2D eigenvalue weighted by molar-refractivity contribution is 5.77. The van der Waals surface area contributed by atoms with E-state index in [9.17, 15) is 4.79 Å². The number of nitrogens with two attached hydrogens (primary N) is 1. The zero-order valence-electron chi connectivity index (χ0n) is 9.78.